The Morgan fingerprint density at radius 3 is 2.41 bits per heavy atom. The molecule has 0 spiro atoms. The summed E-state index contributed by atoms with van der Waals surface area (Å²) in [6.07, 6.45) is 11.6. The smallest absolute Gasteiger partial charge is 0.119 e. The molecule has 0 N–H and O–H groups in total. The van der Waals surface area contributed by atoms with Gasteiger partial charge in [0, 0.05) is 0 Å². The second-order valence-electron chi connectivity index (χ2n) is 7.05. The molecule has 3 rings (SSSR count). The van der Waals surface area contributed by atoms with E-state index in [1.165, 1.54) is 56.9 Å². The number of hydrogen-bond acceptors (Lipinski definition) is 2. The van der Waals surface area contributed by atoms with E-state index in [0.29, 0.717) is 12.7 Å². The van der Waals surface area contributed by atoms with Gasteiger partial charge in [0.15, 0.2) is 0 Å². The van der Waals surface area contributed by atoms with Crippen molar-refractivity contribution in [2.24, 2.45) is 5.92 Å². The molecular weight excluding hydrogens is 272 g/mol. The Kier molecular flexibility index (Phi) is 5.77. The van der Waals surface area contributed by atoms with Crippen molar-refractivity contribution < 1.29 is 9.47 Å². The molecule has 2 aliphatic rings. The Hall–Kier alpha value is -1.02. The van der Waals surface area contributed by atoms with Crippen molar-refractivity contribution in [3.05, 3.63) is 29.8 Å². The van der Waals surface area contributed by atoms with E-state index in [0.717, 1.165) is 24.2 Å². The molecular formula is C20H30O2. The first-order valence-electron chi connectivity index (χ1n) is 9.19. The van der Waals surface area contributed by atoms with Crippen LogP contribution in [0.2, 0.25) is 0 Å². The topological polar surface area (TPSA) is 21.8 Å². The normalized spacial score (nSPS) is 27.6. The predicted octanol–water partition coefficient (Wildman–Crippen LogP) is 5.32. The van der Waals surface area contributed by atoms with Crippen molar-refractivity contribution in [1.29, 1.82) is 0 Å². The summed E-state index contributed by atoms with van der Waals surface area (Å²) in [6, 6.07) is 8.80. The quantitative estimate of drug-likeness (QED) is 0.479. The largest absolute Gasteiger partial charge is 0.491 e. The second-order valence-corrected chi connectivity index (χ2v) is 7.05. The van der Waals surface area contributed by atoms with Gasteiger partial charge in [-0.2, -0.15) is 0 Å². The summed E-state index contributed by atoms with van der Waals surface area (Å²) in [7, 11) is 0. The van der Waals surface area contributed by atoms with Gasteiger partial charge in [0.1, 0.15) is 18.5 Å². The number of benzene rings is 1. The Bertz CT molecular complexity index is 428. The third-order valence-electron chi connectivity index (χ3n) is 5.25. The maximum absolute atomic E-state index is 5.72. The van der Waals surface area contributed by atoms with Crippen LogP contribution in [0.1, 0.15) is 69.8 Å². The lowest BCUT2D eigenvalue weighted by Gasteiger charge is -2.29. The van der Waals surface area contributed by atoms with Crippen molar-refractivity contribution in [2.75, 3.05) is 13.2 Å². The lowest BCUT2D eigenvalue weighted by molar-refractivity contribution is 0.263. The van der Waals surface area contributed by atoms with E-state index in [1.807, 2.05) is 0 Å². The minimum atomic E-state index is 0.336. The average Bonchev–Trinajstić information content (AvgIpc) is 3.39. The van der Waals surface area contributed by atoms with Crippen molar-refractivity contribution in [3.63, 3.8) is 0 Å². The lowest BCUT2D eigenvalue weighted by atomic mass is 9.77. The lowest BCUT2D eigenvalue weighted by Crippen LogP contribution is -2.13. The number of hydrogen-bond donors (Lipinski definition) is 0. The molecule has 2 heteroatoms. The zero-order valence-electron chi connectivity index (χ0n) is 13.9. The van der Waals surface area contributed by atoms with Gasteiger partial charge in [-0.1, -0.05) is 44.7 Å². The first-order valence-corrected chi connectivity index (χ1v) is 9.19. The fraction of sp³-hybridized carbons (Fsp3) is 0.700. The SMILES string of the molecule is CCCCCC1CCC(c2ccc(OCC3CO3)cc2)CC1. The fourth-order valence-electron chi connectivity index (χ4n) is 3.66. The maximum atomic E-state index is 5.72. The second kappa shape index (κ2) is 8.01. The van der Waals surface area contributed by atoms with Crippen LogP contribution in [-0.4, -0.2) is 19.3 Å². The molecule has 1 saturated heterocycles. The first-order chi connectivity index (χ1) is 10.8. The van der Waals surface area contributed by atoms with Crippen LogP contribution in [0.15, 0.2) is 24.3 Å². The van der Waals surface area contributed by atoms with Crippen LogP contribution < -0.4 is 4.74 Å². The van der Waals surface area contributed by atoms with Crippen LogP contribution in [0, 0.1) is 5.92 Å². The van der Waals surface area contributed by atoms with Gasteiger partial charge in [0.25, 0.3) is 0 Å². The summed E-state index contributed by atoms with van der Waals surface area (Å²) in [6.45, 7) is 3.85. The molecule has 1 unspecified atom stereocenters. The van der Waals surface area contributed by atoms with Gasteiger partial charge in [-0.15, -0.1) is 0 Å². The summed E-state index contributed by atoms with van der Waals surface area (Å²) < 4.78 is 10.9. The van der Waals surface area contributed by atoms with Gasteiger partial charge in [0.2, 0.25) is 0 Å². The first kappa shape index (κ1) is 15.9. The van der Waals surface area contributed by atoms with Crippen LogP contribution >= 0.6 is 0 Å². The summed E-state index contributed by atoms with van der Waals surface area (Å²) in [4.78, 5) is 0. The third kappa shape index (κ3) is 4.74. The molecule has 1 aliphatic heterocycles. The fourth-order valence-corrected chi connectivity index (χ4v) is 3.66. The standard InChI is InChI=1S/C20H30O2/c1-2-3-4-5-16-6-8-17(9-7-16)18-10-12-19(13-11-18)21-14-20-15-22-20/h10-13,16-17,20H,2-9,14-15H2,1H3. The van der Waals surface area contributed by atoms with Gasteiger partial charge in [-0.25, -0.2) is 0 Å². The van der Waals surface area contributed by atoms with Crippen LogP contribution in [0.5, 0.6) is 5.75 Å². The monoisotopic (exact) mass is 302 g/mol. The number of unbranched alkanes of at least 4 members (excludes halogenated alkanes) is 2. The summed E-state index contributed by atoms with van der Waals surface area (Å²) in [5.41, 5.74) is 1.50. The Morgan fingerprint density at radius 2 is 1.77 bits per heavy atom. The number of ether oxygens (including phenoxy) is 2. The average molecular weight is 302 g/mol. The van der Waals surface area contributed by atoms with E-state index in [9.17, 15) is 0 Å². The van der Waals surface area contributed by atoms with Gasteiger partial charge >= 0.3 is 0 Å². The van der Waals surface area contributed by atoms with Crippen molar-refractivity contribution in [3.8, 4) is 5.75 Å². The van der Waals surface area contributed by atoms with Gasteiger partial charge in [-0.3, -0.25) is 0 Å². The highest BCUT2D eigenvalue weighted by Crippen LogP contribution is 2.38. The highest BCUT2D eigenvalue weighted by Gasteiger charge is 2.24. The minimum Gasteiger partial charge on any atom is -0.491 e. The number of epoxide rings is 1. The maximum Gasteiger partial charge on any atom is 0.119 e. The van der Waals surface area contributed by atoms with Gasteiger partial charge < -0.3 is 9.47 Å². The molecule has 0 amide bonds. The van der Waals surface area contributed by atoms with E-state index in [1.54, 1.807) is 0 Å². The molecule has 0 bridgehead atoms. The van der Waals surface area contributed by atoms with E-state index < -0.39 is 0 Å². The minimum absolute atomic E-state index is 0.336. The van der Waals surface area contributed by atoms with Gasteiger partial charge in [0.05, 0.1) is 6.61 Å². The zero-order valence-corrected chi connectivity index (χ0v) is 13.9. The van der Waals surface area contributed by atoms with Crippen LogP contribution in [-0.2, 0) is 4.74 Å². The van der Waals surface area contributed by atoms with Crippen LogP contribution in [0.25, 0.3) is 0 Å². The molecule has 2 fully saturated rings. The van der Waals surface area contributed by atoms with Crippen LogP contribution in [0.4, 0.5) is 0 Å². The van der Waals surface area contributed by atoms with Crippen LogP contribution in [0.3, 0.4) is 0 Å². The summed E-state index contributed by atoms with van der Waals surface area (Å²) in [5.74, 6) is 2.74. The molecule has 0 radical (unpaired) electrons. The highest BCUT2D eigenvalue weighted by molar-refractivity contribution is 5.29. The Balaban J connectivity index is 1.42. The van der Waals surface area contributed by atoms with E-state index in [4.69, 9.17) is 9.47 Å². The molecule has 1 aromatic carbocycles. The Labute approximate surface area is 135 Å². The van der Waals surface area contributed by atoms with Gasteiger partial charge in [-0.05, 0) is 55.2 Å². The molecule has 122 valence electrons. The molecule has 1 heterocycles. The zero-order chi connectivity index (χ0) is 15.2. The van der Waals surface area contributed by atoms with E-state index in [-0.39, 0.29) is 0 Å². The highest BCUT2D eigenvalue weighted by atomic mass is 16.6. The van der Waals surface area contributed by atoms with Crippen molar-refractivity contribution >= 4 is 0 Å². The molecule has 1 aliphatic carbocycles. The van der Waals surface area contributed by atoms with E-state index in [2.05, 4.69) is 31.2 Å². The molecule has 22 heavy (non-hydrogen) atoms. The number of rotatable bonds is 8. The third-order valence-corrected chi connectivity index (χ3v) is 5.25. The van der Waals surface area contributed by atoms with Crippen molar-refractivity contribution in [1.82, 2.24) is 0 Å². The summed E-state index contributed by atoms with van der Waals surface area (Å²) >= 11 is 0. The molecule has 2 nitrogen and oxygen atoms in total. The molecule has 1 atom stereocenters. The predicted molar refractivity (Wildman–Crippen MR) is 90.5 cm³/mol. The van der Waals surface area contributed by atoms with E-state index >= 15 is 0 Å². The van der Waals surface area contributed by atoms with Crippen molar-refractivity contribution in [2.45, 2.75) is 70.3 Å². The molecule has 1 aromatic rings. The molecule has 0 aromatic heterocycles. The Morgan fingerprint density at radius 1 is 1.05 bits per heavy atom. The molecule has 1 saturated carbocycles. The summed E-state index contributed by atoms with van der Waals surface area (Å²) in [5, 5.41) is 0.